The van der Waals surface area contributed by atoms with Crippen molar-refractivity contribution >= 4 is 11.5 Å². The Hall–Kier alpha value is -1.64. The largest absolute Gasteiger partial charge is 0.478 e. The average molecular weight is 248 g/mol. The first kappa shape index (κ1) is 12.8. The SMILES string of the molecule is CC1(C)CCC(c2ccc(F)cc2)=C(C(=O)O)C1. The van der Waals surface area contributed by atoms with Crippen LogP contribution in [-0.2, 0) is 4.79 Å². The Morgan fingerprint density at radius 3 is 2.44 bits per heavy atom. The van der Waals surface area contributed by atoms with Crippen LogP contribution in [0.2, 0.25) is 0 Å². The van der Waals surface area contributed by atoms with E-state index in [-0.39, 0.29) is 11.2 Å². The highest BCUT2D eigenvalue weighted by Crippen LogP contribution is 2.42. The lowest BCUT2D eigenvalue weighted by atomic mass is 9.73. The lowest BCUT2D eigenvalue weighted by Crippen LogP contribution is -2.21. The topological polar surface area (TPSA) is 37.3 Å². The first-order chi connectivity index (χ1) is 8.39. The molecule has 0 atom stereocenters. The molecule has 1 aliphatic carbocycles. The highest BCUT2D eigenvalue weighted by Gasteiger charge is 2.30. The number of allylic oxidation sites excluding steroid dienone is 1. The summed E-state index contributed by atoms with van der Waals surface area (Å²) in [6.07, 6.45) is 2.26. The van der Waals surface area contributed by atoms with Crippen molar-refractivity contribution in [2.24, 2.45) is 5.41 Å². The van der Waals surface area contributed by atoms with Crippen LogP contribution in [0.4, 0.5) is 4.39 Å². The van der Waals surface area contributed by atoms with Crippen molar-refractivity contribution in [3.8, 4) is 0 Å². The number of hydrogen-bond donors (Lipinski definition) is 1. The minimum atomic E-state index is -0.859. The molecule has 0 spiro atoms. The summed E-state index contributed by atoms with van der Waals surface area (Å²) >= 11 is 0. The van der Waals surface area contributed by atoms with E-state index in [1.807, 2.05) is 0 Å². The Morgan fingerprint density at radius 1 is 1.28 bits per heavy atom. The van der Waals surface area contributed by atoms with Crippen LogP contribution in [0.1, 0.15) is 38.7 Å². The molecule has 0 heterocycles. The van der Waals surface area contributed by atoms with Crippen LogP contribution in [0.3, 0.4) is 0 Å². The summed E-state index contributed by atoms with van der Waals surface area (Å²) < 4.78 is 12.9. The maximum Gasteiger partial charge on any atom is 0.331 e. The molecule has 1 N–H and O–H groups in total. The normalized spacial score (nSPS) is 18.8. The molecule has 0 saturated carbocycles. The Balaban J connectivity index is 2.45. The molecule has 0 unspecified atom stereocenters. The predicted molar refractivity (Wildman–Crippen MR) is 68.6 cm³/mol. The minimum Gasteiger partial charge on any atom is -0.478 e. The van der Waals surface area contributed by atoms with E-state index in [1.165, 1.54) is 12.1 Å². The van der Waals surface area contributed by atoms with E-state index in [1.54, 1.807) is 12.1 Å². The zero-order valence-electron chi connectivity index (χ0n) is 10.7. The molecule has 3 heteroatoms. The number of carboxylic acids is 1. The van der Waals surface area contributed by atoms with E-state index < -0.39 is 5.97 Å². The molecule has 1 aromatic carbocycles. The summed E-state index contributed by atoms with van der Waals surface area (Å²) in [7, 11) is 0. The van der Waals surface area contributed by atoms with Gasteiger partial charge in [-0.3, -0.25) is 0 Å². The van der Waals surface area contributed by atoms with Gasteiger partial charge in [0.15, 0.2) is 0 Å². The first-order valence-corrected chi connectivity index (χ1v) is 6.10. The summed E-state index contributed by atoms with van der Waals surface area (Å²) in [6.45, 7) is 4.16. The molecular formula is C15H17FO2. The van der Waals surface area contributed by atoms with Gasteiger partial charge in [0, 0.05) is 5.57 Å². The quantitative estimate of drug-likeness (QED) is 0.862. The molecule has 96 valence electrons. The Kier molecular flexibility index (Phi) is 3.24. The number of hydrogen-bond acceptors (Lipinski definition) is 1. The lowest BCUT2D eigenvalue weighted by molar-refractivity contribution is -0.133. The van der Waals surface area contributed by atoms with E-state index in [0.29, 0.717) is 12.0 Å². The second-order valence-electron chi connectivity index (χ2n) is 5.61. The van der Waals surface area contributed by atoms with E-state index in [9.17, 15) is 14.3 Å². The van der Waals surface area contributed by atoms with Crippen molar-refractivity contribution in [1.29, 1.82) is 0 Å². The van der Waals surface area contributed by atoms with Crippen LogP contribution in [-0.4, -0.2) is 11.1 Å². The van der Waals surface area contributed by atoms with E-state index in [4.69, 9.17) is 0 Å². The van der Waals surface area contributed by atoms with Gasteiger partial charge < -0.3 is 5.11 Å². The van der Waals surface area contributed by atoms with E-state index >= 15 is 0 Å². The molecule has 0 fully saturated rings. The average Bonchev–Trinajstić information content (AvgIpc) is 2.29. The molecule has 1 aromatic rings. The molecule has 2 nitrogen and oxygen atoms in total. The van der Waals surface area contributed by atoms with Crippen molar-refractivity contribution in [3.63, 3.8) is 0 Å². The third kappa shape index (κ3) is 2.61. The Bertz CT molecular complexity index is 498. The zero-order valence-corrected chi connectivity index (χ0v) is 10.7. The Labute approximate surface area is 106 Å². The van der Waals surface area contributed by atoms with Crippen molar-refractivity contribution in [1.82, 2.24) is 0 Å². The predicted octanol–water partition coefficient (Wildman–Crippen LogP) is 3.87. The second kappa shape index (κ2) is 4.56. The zero-order chi connectivity index (χ0) is 13.3. The summed E-state index contributed by atoms with van der Waals surface area (Å²) in [5.74, 6) is -1.16. The van der Waals surface area contributed by atoms with Gasteiger partial charge in [-0.15, -0.1) is 0 Å². The van der Waals surface area contributed by atoms with Gasteiger partial charge in [-0.25, -0.2) is 9.18 Å². The summed E-state index contributed by atoms with van der Waals surface area (Å²) in [5, 5.41) is 9.32. The second-order valence-corrected chi connectivity index (χ2v) is 5.61. The number of carboxylic acid groups (broad SMARTS) is 1. The number of aliphatic carboxylic acids is 1. The molecule has 1 aliphatic rings. The van der Waals surface area contributed by atoms with Gasteiger partial charge in [-0.05, 0) is 47.9 Å². The first-order valence-electron chi connectivity index (χ1n) is 6.10. The molecule has 0 aliphatic heterocycles. The molecule has 0 amide bonds. The minimum absolute atomic E-state index is 0.0251. The fourth-order valence-electron chi connectivity index (χ4n) is 2.46. The smallest absolute Gasteiger partial charge is 0.331 e. The number of halogens is 1. The van der Waals surface area contributed by atoms with Crippen LogP contribution in [0.5, 0.6) is 0 Å². The molecule has 0 bridgehead atoms. The van der Waals surface area contributed by atoms with Crippen LogP contribution in [0.15, 0.2) is 29.8 Å². The van der Waals surface area contributed by atoms with Crippen LogP contribution >= 0.6 is 0 Å². The molecule has 0 saturated heterocycles. The fourth-order valence-corrected chi connectivity index (χ4v) is 2.46. The van der Waals surface area contributed by atoms with E-state index in [2.05, 4.69) is 13.8 Å². The van der Waals surface area contributed by atoms with Gasteiger partial charge in [0.25, 0.3) is 0 Å². The summed E-state index contributed by atoms with van der Waals surface area (Å²) in [6, 6.07) is 6.07. The van der Waals surface area contributed by atoms with Gasteiger partial charge >= 0.3 is 5.97 Å². The van der Waals surface area contributed by atoms with Crippen molar-refractivity contribution in [3.05, 3.63) is 41.2 Å². The Morgan fingerprint density at radius 2 is 1.89 bits per heavy atom. The van der Waals surface area contributed by atoms with Gasteiger partial charge in [-0.1, -0.05) is 26.0 Å². The van der Waals surface area contributed by atoms with Crippen LogP contribution in [0, 0.1) is 11.2 Å². The van der Waals surface area contributed by atoms with Gasteiger partial charge in [0.05, 0.1) is 0 Å². The molecule has 0 radical (unpaired) electrons. The van der Waals surface area contributed by atoms with E-state index in [0.717, 1.165) is 24.0 Å². The molecule has 2 rings (SSSR count). The van der Waals surface area contributed by atoms with Gasteiger partial charge in [-0.2, -0.15) is 0 Å². The van der Waals surface area contributed by atoms with Crippen molar-refractivity contribution in [2.75, 3.05) is 0 Å². The van der Waals surface area contributed by atoms with Crippen molar-refractivity contribution < 1.29 is 14.3 Å². The molecule has 0 aromatic heterocycles. The van der Waals surface area contributed by atoms with Crippen molar-refractivity contribution in [2.45, 2.75) is 33.1 Å². The maximum atomic E-state index is 12.9. The standard InChI is InChI=1S/C15H17FO2/c1-15(2)8-7-12(13(9-15)14(17)18)10-3-5-11(16)6-4-10/h3-6H,7-9H2,1-2H3,(H,17,18). The lowest BCUT2D eigenvalue weighted by Gasteiger charge is -2.31. The molecule has 18 heavy (non-hydrogen) atoms. The highest BCUT2D eigenvalue weighted by molar-refractivity contribution is 5.97. The number of carbonyl (C=O) groups is 1. The number of rotatable bonds is 2. The highest BCUT2D eigenvalue weighted by atomic mass is 19.1. The third-order valence-electron chi connectivity index (χ3n) is 3.52. The summed E-state index contributed by atoms with van der Waals surface area (Å²) in [5.41, 5.74) is 2.17. The van der Waals surface area contributed by atoms with Crippen LogP contribution < -0.4 is 0 Å². The van der Waals surface area contributed by atoms with Crippen LogP contribution in [0.25, 0.3) is 5.57 Å². The third-order valence-corrected chi connectivity index (χ3v) is 3.52. The van der Waals surface area contributed by atoms with Gasteiger partial charge in [0.1, 0.15) is 5.82 Å². The van der Waals surface area contributed by atoms with Gasteiger partial charge in [0.2, 0.25) is 0 Å². The monoisotopic (exact) mass is 248 g/mol. The fraction of sp³-hybridized carbons (Fsp3) is 0.400. The maximum absolute atomic E-state index is 12.9. The summed E-state index contributed by atoms with van der Waals surface area (Å²) in [4.78, 5) is 11.4. The number of benzene rings is 1. The molecular weight excluding hydrogens is 231 g/mol.